The number of carboxylic acids is 1. The van der Waals surface area contributed by atoms with Gasteiger partial charge in [-0.2, -0.15) is 0 Å². The van der Waals surface area contributed by atoms with Gasteiger partial charge in [-0.1, -0.05) is 41.4 Å². The van der Waals surface area contributed by atoms with Crippen LogP contribution in [-0.4, -0.2) is 32.7 Å². The Morgan fingerprint density at radius 1 is 1.25 bits per heavy atom. The maximum atomic E-state index is 11.8. The summed E-state index contributed by atoms with van der Waals surface area (Å²) in [6.07, 6.45) is 9.59. The molecule has 176 valence electrons. The molecule has 0 radical (unpaired) electrons. The first-order valence-electron chi connectivity index (χ1n) is 12.0. The summed E-state index contributed by atoms with van der Waals surface area (Å²) in [7, 11) is 0. The van der Waals surface area contributed by atoms with Crippen LogP contribution in [-0.2, 0) is 6.42 Å². The molecule has 1 aromatic carbocycles. The summed E-state index contributed by atoms with van der Waals surface area (Å²) in [6, 6.07) is 5.03. The van der Waals surface area contributed by atoms with Gasteiger partial charge in [0.2, 0.25) is 0 Å². The third-order valence-electron chi connectivity index (χ3n) is 8.71. The van der Waals surface area contributed by atoms with Gasteiger partial charge in [0, 0.05) is 11.2 Å². The minimum Gasteiger partial charge on any atom is -0.487 e. The maximum absolute atomic E-state index is 11.8. The molecular formula is C27H37BrO4. The standard InChI is InChI=1S/C27H37BrO4/c1-17(2)6-5-11-26(4)21-9-13-27(31,16-25(21,3)12-10-22(26)28)23-15-19-14-18(24(29)30)7-8-20(19)32-23/h6-8,14,21-23,31H,5,9-13,15-16H2,1-4H3,(H,29,30). The number of alkyl halides is 1. The van der Waals surface area contributed by atoms with E-state index in [4.69, 9.17) is 4.74 Å². The van der Waals surface area contributed by atoms with Crippen molar-refractivity contribution in [1.29, 1.82) is 0 Å². The molecule has 4 rings (SSSR count). The topological polar surface area (TPSA) is 66.8 Å². The van der Waals surface area contributed by atoms with Crippen LogP contribution in [0.2, 0.25) is 0 Å². The first-order chi connectivity index (χ1) is 15.0. The molecular weight excluding hydrogens is 468 g/mol. The fraction of sp³-hybridized carbons (Fsp3) is 0.667. The zero-order chi connectivity index (χ0) is 23.3. The molecule has 1 aromatic rings. The molecule has 0 amide bonds. The highest BCUT2D eigenvalue weighted by atomic mass is 79.9. The smallest absolute Gasteiger partial charge is 0.335 e. The summed E-state index contributed by atoms with van der Waals surface area (Å²) in [5.74, 6) is 0.347. The van der Waals surface area contributed by atoms with Crippen LogP contribution in [0.15, 0.2) is 29.8 Å². The van der Waals surface area contributed by atoms with E-state index >= 15 is 0 Å². The predicted octanol–water partition coefficient (Wildman–Crippen LogP) is 6.54. The molecule has 0 saturated heterocycles. The van der Waals surface area contributed by atoms with Gasteiger partial charge in [0.25, 0.3) is 0 Å². The summed E-state index contributed by atoms with van der Waals surface area (Å²) in [6.45, 7) is 9.16. The Morgan fingerprint density at radius 2 is 2.00 bits per heavy atom. The van der Waals surface area contributed by atoms with Crippen molar-refractivity contribution in [2.45, 2.75) is 95.6 Å². The van der Waals surface area contributed by atoms with E-state index in [1.807, 2.05) is 0 Å². The summed E-state index contributed by atoms with van der Waals surface area (Å²) < 4.78 is 6.21. The van der Waals surface area contributed by atoms with E-state index in [0.29, 0.717) is 17.2 Å². The van der Waals surface area contributed by atoms with E-state index in [1.54, 1.807) is 18.2 Å². The number of fused-ring (bicyclic) bond motifs is 2. The van der Waals surface area contributed by atoms with Gasteiger partial charge in [0.1, 0.15) is 17.5 Å². The Morgan fingerprint density at radius 3 is 2.69 bits per heavy atom. The first kappa shape index (κ1) is 23.8. The Balaban J connectivity index is 1.53. The van der Waals surface area contributed by atoms with Crippen LogP contribution in [0.1, 0.15) is 88.6 Å². The quantitative estimate of drug-likeness (QED) is 0.353. The van der Waals surface area contributed by atoms with E-state index in [1.165, 1.54) is 5.57 Å². The van der Waals surface area contributed by atoms with Gasteiger partial charge in [-0.3, -0.25) is 0 Å². The largest absolute Gasteiger partial charge is 0.487 e. The highest BCUT2D eigenvalue weighted by molar-refractivity contribution is 9.09. The van der Waals surface area contributed by atoms with Crippen molar-refractivity contribution in [3.63, 3.8) is 0 Å². The third kappa shape index (κ3) is 4.16. The van der Waals surface area contributed by atoms with E-state index in [2.05, 4.69) is 49.7 Å². The number of carboxylic acid groups (broad SMARTS) is 1. The average molecular weight is 505 g/mol. The molecule has 1 aliphatic heterocycles. The van der Waals surface area contributed by atoms with Crippen LogP contribution in [0, 0.1) is 16.7 Å². The highest BCUT2D eigenvalue weighted by Crippen LogP contribution is 2.63. The summed E-state index contributed by atoms with van der Waals surface area (Å²) in [5, 5.41) is 21.2. The van der Waals surface area contributed by atoms with Gasteiger partial charge >= 0.3 is 5.97 Å². The van der Waals surface area contributed by atoms with Crippen LogP contribution in [0.5, 0.6) is 5.75 Å². The van der Waals surface area contributed by atoms with Crippen LogP contribution in [0.3, 0.4) is 0 Å². The number of aromatic carboxylic acids is 1. The lowest BCUT2D eigenvalue weighted by molar-refractivity contribution is -0.159. The molecule has 1 heterocycles. The molecule has 2 N–H and O–H groups in total. The summed E-state index contributed by atoms with van der Waals surface area (Å²) >= 11 is 4.04. The molecule has 0 bridgehead atoms. The molecule has 4 nitrogen and oxygen atoms in total. The van der Waals surface area contributed by atoms with Crippen LogP contribution >= 0.6 is 15.9 Å². The van der Waals surface area contributed by atoms with E-state index in [-0.39, 0.29) is 22.5 Å². The van der Waals surface area contributed by atoms with E-state index < -0.39 is 11.6 Å². The normalized spacial score (nSPS) is 38.4. The van der Waals surface area contributed by atoms with Crippen LogP contribution in [0.4, 0.5) is 0 Å². The van der Waals surface area contributed by atoms with Crippen molar-refractivity contribution in [3.8, 4) is 5.75 Å². The molecule has 0 spiro atoms. The second kappa shape index (κ2) is 8.47. The molecule has 2 aliphatic carbocycles. The molecule has 32 heavy (non-hydrogen) atoms. The number of carbonyl (C=O) groups is 1. The van der Waals surface area contributed by atoms with Gasteiger partial charge in [-0.05, 0) is 99.3 Å². The number of benzene rings is 1. The Labute approximate surface area is 200 Å². The van der Waals surface area contributed by atoms with E-state index in [9.17, 15) is 15.0 Å². The number of allylic oxidation sites excluding steroid dienone is 2. The third-order valence-corrected chi connectivity index (χ3v) is 10.2. The van der Waals surface area contributed by atoms with Crippen molar-refractivity contribution >= 4 is 21.9 Å². The zero-order valence-electron chi connectivity index (χ0n) is 19.8. The lowest BCUT2D eigenvalue weighted by Crippen LogP contribution is -2.59. The van der Waals surface area contributed by atoms with Crippen molar-refractivity contribution in [2.75, 3.05) is 0 Å². The molecule has 5 heteroatoms. The van der Waals surface area contributed by atoms with Crippen molar-refractivity contribution in [1.82, 2.24) is 0 Å². The number of ether oxygens (including phenoxy) is 1. The second-order valence-corrected chi connectivity index (χ2v) is 12.4. The number of rotatable bonds is 5. The van der Waals surface area contributed by atoms with Gasteiger partial charge in [0.15, 0.2) is 0 Å². The molecule has 3 aliphatic rings. The first-order valence-corrected chi connectivity index (χ1v) is 12.9. The fourth-order valence-corrected chi connectivity index (χ4v) is 7.78. The van der Waals surface area contributed by atoms with Crippen molar-refractivity contribution < 1.29 is 19.7 Å². The number of halogens is 1. The second-order valence-electron chi connectivity index (χ2n) is 11.3. The van der Waals surface area contributed by atoms with Gasteiger partial charge < -0.3 is 14.9 Å². The zero-order valence-corrected chi connectivity index (χ0v) is 21.4. The minimum absolute atomic E-state index is 0.0708. The van der Waals surface area contributed by atoms with Gasteiger partial charge in [-0.25, -0.2) is 4.79 Å². The van der Waals surface area contributed by atoms with Gasteiger partial charge in [-0.15, -0.1) is 0 Å². The number of aliphatic hydroxyl groups is 1. The molecule has 6 atom stereocenters. The Kier molecular flexibility index (Phi) is 6.30. The molecule has 2 fully saturated rings. The predicted molar refractivity (Wildman–Crippen MR) is 131 cm³/mol. The lowest BCUT2D eigenvalue weighted by atomic mass is 9.47. The lowest BCUT2D eigenvalue weighted by Gasteiger charge is -2.60. The Hall–Kier alpha value is -1.33. The van der Waals surface area contributed by atoms with E-state index in [0.717, 1.165) is 56.3 Å². The monoisotopic (exact) mass is 504 g/mol. The molecule has 0 aromatic heterocycles. The molecule has 2 saturated carbocycles. The summed E-state index contributed by atoms with van der Waals surface area (Å²) in [4.78, 5) is 11.9. The average Bonchev–Trinajstić information content (AvgIpc) is 3.15. The minimum atomic E-state index is -0.929. The SMILES string of the molecule is CC(C)=CCCC1(C)C(Br)CCC2(C)CC(O)(C3Cc4cc(C(=O)O)ccc4O3)CCC21. The number of hydrogen-bond donors (Lipinski definition) is 2. The fourth-order valence-electron chi connectivity index (χ4n) is 7.01. The molecule has 6 unspecified atom stereocenters. The highest BCUT2D eigenvalue weighted by Gasteiger charge is 2.59. The van der Waals surface area contributed by atoms with Crippen molar-refractivity contribution in [3.05, 3.63) is 41.0 Å². The van der Waals surface area contributed by atoms with Crippen LogP contribution in [0.25, 0.3) is 0 Å². The van der Waals surface area contributed by atoms with Crippen molar-refractivity contribution in [2.24, 2.45) is 16.7 Å². The maximum Gasteiger partial charge on any atom is 0.335 e. The van der Waals surface area contributed by atoms with Crippen LogP contribution < -0.4 is 4.74 Å². The summed E-state index contributed by atoms with van der Waals surface area (Å²) in [5.41, 5.74) is 1.94. The number of hydrogen-bond acceptors (Lipinski definition) is 3. The van der Waals surface area contributed by atoms with Gasteiger partial charge in [0.05, 0.1) is 5.56 Å². The Bertz CT molecular complexity index is 922.